The van der Waals surface area contributed by atoms with E-state index in [9.17, 15) is 9.59 Å². The Morgan fingerprint density at radius 2 is 1.76 bits per heavy atom. The number of methoxy groups -OCH3 is 2. The maximum Gasteiger partial charge on any atom is 0.254 e. The van der Waals surface area contributed by atoms with Gasteiger partial charge in [0.1, 0.15) is 17.3 Å². The molecule has 0 radical (unpaired) electrons. The molecule has 1 aromatic heterocycles. The molecule has 2 rings (SSSR count). The number of carbonyl (C=O) groups is 2. The fraction of sp³-hybridized carbons (Fsp3) is 0.353. The average Bonchev–Trinajstić information content (AvgIpc) is 2.98. The van der Waals surface area contributed by atoms with Crippen molar-refractivity contribution in [2.24, 2.45) is 0 Å². The van der Waals surface area contributed by atoms with Crippen molar-refractivity contribution < 1.29 is 23.6 Å². The minimum absolute atomic E-state index is 0.136. The van der Waals surface area contributed by atoms with Gasteiger partial charge < -0.3 is 24.2 Å². The number of rotatable bonds is 6. The lowest BCUT2D eigenvalue weighted by Gasteiger charge is -2.18. The van der Waals surface area contributed by atoms with Crippen LogP contribution in [0.5, 0.6) is 11.5 Å². The quantitative estimate of drug-likeness (QED) is 0.859. The predicted octanol–water partition coefficient (Wildman–Crippen LogP) is 2.02. The van der Waals surface area contributed by atoms with Gasteiger partial charge in [0.15, 0.2) is 5.82 Å². The highest BCUT2D eigenvalue weighted by Crippen LogP contribution is 2.29. The topological polar surface area (TPSA) is 93.9 Å². The van der Waals surface area contributed by atoms with E-state index in [4.69, 9.17) is 14.0 Å². The number of nitrogens with zero attached hydrogens (tertiary/aromatic N) is 2. The van der Waals surface area contributed by atoms with Gasteiger partial charge in [0.25, 0.3) is 5.91 Å². The number of hydrogen-bond donors (Lipinski definition) is 1. The fourth-order valence-electron chi connectivity index (χ4n) is 2.32. The number of carbonyl (C=O) groups excluding carboxylic acids is 2. The minimum atomic E-state index is -0.379. The maximum absolute atomic E-state index is 12.6. The first-order valence-electron chi connectivity index (χ1n) is 7.57. The monoisotopic (exact) mass is 347 g/mol. The van der Waals surface area contributed by atoms with E-state index in [0.717, 1.165) is 5.56 Å². The van der Waals surface area contributed by atoms with E-state index in [1.54, 1.807) is 25.1 Å². The molecule has 0 bridgehead atoms. The van der Waals surface area contributed by atoms with Gasteiger partial charge in [-0.2, -0.15) is 0 Å². The van der Waals surface area contributed by atoms with Gasteiger partial charge in [-0.25, -0.2) is 0 Å². The smallest absolute Gasteiger partial charge is 0.254 e. The number of ether oxygens (including phenoxy) is 2. The van der Waals surface area contributed by atoms with Crippen molar-refractivity contribution in [1.29, 1.82) is 0 Å². The lowest BCUT2D eigenvalue weighted by Crippen LogP contribution is -2.35. The van der Waals surface area contributed by atoms with Crippen LogP contribution in [0.25, 0.3) is 0 Å². The molecule has 1 heterocycles. The third kappa shape index (κ3) is 4.28. The van der Waals surface area contributed by atoms with Gasteiger partial charge in [0.05, 0.1) is 20.8 Å². The number of nitrogens with one attached hydrogen (secondary N) is 1. The second-order valence-electron chi connectivity index (χ2n) is 5.54. The Kier molecular flexibility index (Phi) is 5.63. The summed E-state index contributed by atoms with van der Waals surface area (Å²) >= 11 is 0. The number of hydrogen-bond acceptors (Lipinski definition) is 6. The van der Waals surface area contributed by atoms with Crippen LogP contribution in [0.1, 0.15) is 21.7 Å². The SMILES string of the molecule is COc1cc(C(=O)N(C)CC(=O)Nc2cc(C)on2)cc(OC)c1C. The molecule has 0 unspecified atom stereocenters. The summed E-state index contributed by atoms with van der Waals surface area (Å²) in [7, 11) is 4.58. The molecule has 0 aliphatic rings. The third-order valence-corrected chi connectivity index (χ3v) is 3.62. The molecule has 0 atom stereocenters. The molecule has 2 amide bonds. The van der Waals surface area contributed by atoms with Gasteiger partial charge in [-0.3, -0.25) is 9.59 Å². The largest absolute Gasteiger partial charge is 0.496 e. The zero-order valence-electron chi connectivity index (χ0n) is 14.9. The molecule has 8 nitrogen and oxygen atoms in total. The first-order valence-corrected chi connectivity index (χ1v) is 7.57. The summed E-state index contributed by atoms with van der Waals surface area (Å²) in [6.07, 6.45) is 0. The Bertz CT molecular complexity index is 759. The van der Waals surface area contributed by atoms with Crippen molar-refractivity contribution in [3.8, 4) is 11.5 Å². The van der Waals surface area contributed by atoms with Crippen LogP contribution < -0.4 is 14.8 Å². The van der Waals surface area contributed by atoms with E-state index in [1.165, 1.54) is 26.2 Å². The van der Waals surface area contributed by atoms with Gasteiger partial charge >= 0.3 is 0 Å². The van der Waals surface area contributed by atoms with Crippen LogP contribution in [0.15, 0.2) is 22.7 Å². The van der Waals surface area contributed by atoms with Crippen LogP contribution in [-0.2, 0) is 4.79 Å². The van der Waals surface area contributed by atoms with Crippen LogP contribution in [0.4, 0.5) is 5.82 Å². The highest BCUT2D eigenvalue weighted by molar-refractivity contribution is 5.99. The Balaban J connectivity index is 2.10. The summed E-state index contributed by atoms with van der Waals surface area (Å²) < 4.78 is 15.4. The normalized spacial score (nSPS) is 10.3. The van der Waals surface area contributed by atoms with Crippen LogP contribution in [0.2, 0.25) is 0 Å². The van der Waals surface area contributed by atoms with Gasteiger partial charge in [0.2, 0.25) is 5.91 Å². The van der Waals surface area contributed by atoms with Crippen molar-refractivity contribution >= 4 is 17.6 Å². The van der Waals surface area contributed by atoms with Crippen LogP contribution in [-0.4, -0.2) is 49.7 Å². The molecule has 134 valence electrons. The molecule has 8 heteroatoms. The molecule has 0 saturated carbocycles. The van der Waals surface area contributed by atoms with Gasteiger partial charge in [-0.05, 0) is 26.0 Å². The van der Waals surface area contributed by atoms with Crippen LogP contribution >= 0.6 is 0 Å². The summed E-state index contributed by atoms with van der Waals surface area (Å²) in [4.78, 5) is 25.9. The number of aryl methyl sites for hydroxylation is 1. The van der Waals surface area contributed by atoms with E-state index >= 15 is 0 Å². The molecular formula is C17H21N3O5. The molecule has 0 aliphatic heterocycles. The van der Waals surface area contributed by atoms with Crippen LogP contribution in [0.3, 0.4) is 0 Å². The highest BCUT2D eigenvalue weighted by atomic mass is 16.5. The van der Waals surface area contributed by atoms with Crippen molar-refractivity contribution in [1.82, 2.24) is 10.1 Å². The lowest BCUT2D eigenvalue weighted by atomic mass is 10.1. The molecule has 0 saturated heterocycles. The summed E-state index contributed by atoms with van der Waals surface area (Å²) in [6.45, 7) is 3.42. The first kappa shape index (κ1) is 18.3. The summed E-state index contributed by atoms with van der Waals surface area (Å²) in [5.41, 5.74) is 1.16. The van der Waals surface area contributed by atoms with E-state index in [0.29, 0.717) is 28.6 Å². The Morgan fingerprint density at radius 1 is 1.16 bits per heavy atom. The highest BCUT2D eigenvalue weighted by Gasteiger charge is 2.19. The second-order valence-corrected chi connectivity index (χ2v) is 5.54. The molecule has 0 aliphatic carbocycles. The summed E-state index contributed by atoms with van der Waals surface area (Å²) in [6, 6.07) is 4.83. The molecule has 1 N–H and O–H groups in total. The lowest BCUT2D eigenvalue weighted by molar-refractivity contribution is -0.116. The molecule has 25 heavy (non-hydrogen) atoms. The summed E-state index contributed by atoms with van der Waals surface area (Å²) in [5.74, 6) is 1.26. The number of aromatic nitrogens is 1. The average molecular weight is 347 g/mol. The van der Waals surface area contributed by atoms with Crippen molar-refractivity contribution in [2.75, 3.05) is 33.1 Å². The van der Waals surface area contributed by atoms with E-state index in [-0.39, 0.29) is 18.4 Å². The van der Waals surface area contributed by atoms with Gasteiger partial charge in [-0.15, -0.1) is 0 Å². The fourth-order valence-corrected chi connectivity index (χ4v) is 2.32. The van der Waals surface area contributed by atoms with Gasteiger partial charge in [-0.1, -0.05) is 5.16 Å². The van der Waals surface area contributed by atoms with E-state index in [2.05, 4.69) is 10.5 Å². The van der Waals surface area contributed by atoms with Crippen molar-refractivity contribution in [3.63, 3.8) is 0 Å². The van der Waals surface area contributed by atoms with Gasteiger partial charge in [0, 0.05) is 24.2 Å². The second kappa shape index (κ2) is 7.69. The minimum Gasteiger partial charge on any atom is -0.496 e. The standard InChI is InChI=1S/C17H21N3O5/c1-10-6-15(19-25-10)18-16(21)9-20(3)17(22)12-7-13(23-4)11(2)14(8-12)24-5/h6-8H,9H2,1-5H3,(H,18,19,21). The first-order chi connectivity index (χ1) is 11.8. The van der Waals surface area contributed by atoms with E-state index < -0.39 is 0 Å². The number of likely N-dealkylation sites (N-methyl/N-ethyl adjacent to an activating group) is 1. The predicted molar refractivity (Wildman–Crippen MR) is 91.1 cm³/mol. The molecular weight excluding hydrogens is 326 g/mol. The molecule has 1 aromatic carbocycles. The zero-order valence-corrected chi connectivity index (χ0v) is 14.9. The zero-order chi connectivity index (χ0) is 18.6. The Labute approximate surface area is 145 Å². The maximum atomic E-state index is 12.6. The molecule has 0 spiro atoms. The molecule has 0 fully saturated rings. The number of anilines is 1. The van der Waals surface area contributed by atoms with E-state index in [1.807, 2.05) is 6.92 Å². The Morgan fingerprint density at radius 3 is 2.24 bits per heavy atom. The number of benzene rings is 1. The molecule has 2 aromatic rings. The third-order valence-electron chi connectivity index (χ3n) is 3.62. The van der Waals surface area contributed by atoms with Crippen molar-refractivity contribution in [3.05, 3.63) is 35.1 Å². The van der Waals surface area contributed by atoms with Crippen LogP contribution in [0, 0.1) is 13.8 Å². The number of amides is 2. The van der Waals surface area contributed by atoms with Crippen molar-refractivity contribution in [2.45, 2.75) is 13.8 Å². The summed E-state index contributed by atoms with van der Waals surface area (Å²) in [5, 5.41) is 6.24. The Hall–Kier alpha value is -3.03.